The average Bonchev–Trinajstić information content (AvgIpc) is 2.12. The van der Waals surface area contributed by atoms with Gasteiger partial charge in [0.15, 0.2) is 0 Å². The van der Waals surface area contributed by atoms with Crippen LogP contribution in [0.1, 0.15) is 46.5 Å². The van der Waals surface area contributed by atoms with Crippen LogP contribution in [0.2, 0.25) is 0 Å². The van der Waals surface area contributed by atoms with Gasteiger partial charge < -0.3 is 5.11 Å². The molecule has 2 heteroatoms. The van der Waals surface area contributed by atoms with Crippen LogP contribution in [0.25, 0.3) is 0 Å². The monoisotopic (exact) mass is 198 g/mol. The van der Waals surface area contributed by atoms with Crippen molar-refractivity contribution in [3.05, 3.63) is 12.7 Å². The summed E-state index contributed by atoms with van der Waals surface area (Å²) in [7, 11) is 0. The predicted octanol–water partition coefficient (Wildman–Crippen LogP) is 3.48. The standard InChI is InChI=1S/C12H22O2/c1-5-7-8-9-10(6-2)12(3,4)11(13)14/h6,10H,2,5,7-9H2,1,3-4H3,(H,13,14). The SMILES string of the molecule is C=CC(CCCCC)C(C)(C)C(=O)O. The minimum atomic E-state index is -0.737. The van der Waals surface area contributed by atoms with E-state index in [-0.39, 0.29) is 5.92 Å². The second-order valence-corrected chi connectivity index (χ2v) is 4.36. The fourth-order valence-electron chi connectivity index (χ4n) is 1.55. The zero-order chi connectivity index (χ0) is 11.2. The van der Waals surface area contributed by atoms with E-state index in [0.717, 1.165) is 19.3 Å². The fraction of sp³-hybridized carbons (Fsp3) is 0.750. The van der Waals surface area contributed by atoms with Gasteiger partial charge in [-0.15, -0.1) is 6.58 Å². The molecule has 1 N–H and O–H groups in total. The van der Waals surface area contributed by atoms with E-state index in [1.54, 1.807) is 19.9 Å². The van der Waals surface area contributed by atoms with Crippen molar-refractivity contribution in [2.45, 2.75) is 46.5 Å². The highest BCUT2D eigenvalue weighted by Crippen LogP contribution is 2.32. The molecule has 1 unspecified atom stereocenters. The van der Waals surface area contributed by atoms with Gasteiger partial charge in [0.2, 0.25) is 0 Å². The molecule has 0 aliphatic rings. The van der Waals surface area contributed by atoms with Crippen molar-refractivity contribution in [3.8, 4) is 0 Å². The summed E-state index contributed by atoms with van der Waals surface area (Å²) in [5.41, 5.74) is -0.685. The Bertz CT molecular complexity index is 194. The summed E-state index contributed by atoms with van der Waals surface area (Å²) < 4.78 is 0. The summed E-state index contributed by atoms with van der Waals surface area (Å²) >= 11 is 0. The number of allylic oxidation sites excluding steroid dienone is 1. The normalized spacial score (nSPS) is 13.6. The molecule has 0 bridgehead atoms. The van der Waals surface area contributed by atoms with Gasteiger partial charge in [-0.05, 0) is 26.2 Å². The Morgan fingerprint density at radius 2 is 2.07 bits per heavy atom. The van der Waals surface area contributed by atoms with Crippen LogP contribution in [0, 0.1) is 11.3 Å². The minimum Gasteiger partial charge on any atom is -0.481 e. The van der Waals surface area contributed by atoms with Gasteiger partial charge in [-0.3, -0.25) is 4.79 Å². The second kappa shape index (κ2) is 5.84. The Hall–Kier alpha value is -0.790. The summed E-state index contributed by atoms with van der Waals surface area (Å²) in [6.07, 6.45) is 6.13. The van der Waals surface area contributed by atoms with E-state index in [1.165, 1.54) is 6.42 Å². The first-order valence-electron chi connectivity index (χ1n) is 5.32. The smallest absolute Gasteiger partial charge is 0.309 e. The minimum absolute atomic E-state index is 0.0755. The fourth-order valence-corrected chi connectivity index (χ4v) is 1.55. The van der Waals surface area contributed by atoms with Crippen LogP contribution in [0.5, 0.6) is 0 Å². The van der Waals surface area contributed by atoms with Crippen molar-refractivity contribution >= 4 is 5.97 Å². The van der Waals surface area contributed by atoms with E-state index in [9.17, 15) is 4.79 Å². The highest BCUT2D eigenvalue weighted by molar-refractivity contribution is 5.74. The zero-order valence-corrected chi connectivity index (χ0v) is 9.55. The Morgan fingerprint density at radius 1 is 1.50 bits per heavy atom. The molecule has 0 rings (SSSR count). The van der Waals surface area contributed by atoms with Crippen LogP contribution in [0.3, 0.4) is 0 Å². The van der Waals surface area contributed by atoms with Gasteiger partial charge in [0.25, 0.3) is 0 Å². The van der Waals surface area contributed by atoms with E-state index in [0.29, 0.717) is 0 Å². The molecule has 0 aliphatic heterocycles. The summed E-state index contributed by atoms with van der Waals surface area (Å²) in [6, 6.07) is 0. The van der Waals surface area contributed by atoms with Crippen molar-refractivity contribution in [2.75, 3.05) is 0 Å². The van der Waals surface area contributed by atoms with Gasteiger partial charge in [0.05, 0.1) is 5.41 Å². The van der Waals surface area contributed by atoms with Crippen LogP contribution in [0.4, 0.5) is 0 Å². The molecule has 0 aromatic carbocycles. The summed E-state index contributed by atoms with van der Waals surface area (Å²) in [4.78, 5) is 11.0. The number of unbranched alkanes of at least 4 members (excludes halogenated alkanes) is 2. The number of carbonyl (C=O) groups is 1. The van der Waals surface area contributed by atoms with Gasteiger partial charge in [-0.2, -0.15) is 0 Å². The van der Waals surface area contributed by atoms with Crippen LogP contribution < -0.4 is 0 Å². The molecule has 82 valence electrons. The van der Waals surface area contributed by atoms with Gasteiger partial charge in [-0.1, -0.05) is 32.3 Å². The van der Waals surface area contributed by atoms with Crippen molar-refractivity contribution < 1.29 is 9.90 Å². The quantitative estimate of drug-likeness (QED) is 0.502. The predicted molar refractivity (Wildman–Crippen MR) is 59.2 cm³/mol. The number of hydrogen-bond donors (Lipinski definition) is 1. The lowest BCUT2D eigenvalue weighted by Crippen LogP contribution is -2.31. The van der Waals surface area contributed by atoms with E-state index in [1.807, 2.05) is 0 Å². The lowest BCUT2D eigenvalue weighted by atomic mass is 9.76. The van der Waals surface area contributed by atoms with E-state index in [2.05, 4.69) is 13.5 Å². The Morgan fingerprint density at radius 3 is 2.43 bits per heavy atom. The average molecular weight is 198 g/mol. The lowest BCUT2D eigenvalue weighted by Gasteiger charge is -2.27. The Kier molecular flexibility index (Phi) is 5.51. The molecule has 0 aliphatic carbocycles. The molecule has 0 saturated heterocycles. The zero-order valence-electron chi connectivity index (χ0n) is 9.55. The Balaban J connectivity index is 4.25. The molecule has 14 heavy (non-hydrogen) atoms. The second-order valence-electron chi connectivity index (χ2n) is 4.36. The van der Waals surface area contributed by atoms with Crippen LogP contribution >= 0.6 is 0 Å². The van der Waals surface area contributed by atoms with Crippen molar-refractivity contribution in [3.63, 3.8) is 0 Å². The van der Waals surface area contributed by atoms with Gasteiger partial charge in [0, 0.05) is 0 Å². The maximum Gasteiger partial charge on any atom is 0.309 e. The molecular formula is C12H22O2. The third kappa shape index (κ3) is 3.52. The number of carboxylic acids is 1. The van der Waals surface area contributed by atoms with Crippen molar-refractivity contribution in [2.24, 2.45) is 11.3 Å². The molecule has 2 nitrogen and oxygen atoms in total. The highest BCUT2D eigenvalue weighted by Gasteiger charge is 2.34. The maximum atomic E-state index is 11.0. The van der Waals surface area contributed by atoms with Crippen LogP contribution in [0.15, 0.2) is 12.7 Å². The molecule has 0 amide bonds. The summed E-state index contributed by atoms with van der Waals surface area (Å²) in [5.74, 6) is -0.662. The lowest BCUT2D eigenvalue weighted by molar-refractivity contribution is -0.149. The molecule has 0 radical (unpaired) electrons. The molecule has 0 saturated carbocycles. The molecule has 0 fully saturated rings. The van der Waals surface area contributed by atoms with E-state index < -0.39 is 11.4 Å². The molecule has 0 aromatic rings. The van der Waals surface area contributed by atoms with E-state index in [4.69, 9.17) is 5.11 Å². The summed E-state index contributed by atoms with van der Waals surface area (Å²) in [6.45, 7) is 9.41. The van der Waals surface area contributed by atoms with Gasteiger partial charge >= 0.3 is 5.97 Å². The number of hydrogen-bond acceptors (Lipinski definition) is 1. The number of rotatable bonds is 7. The van der Waals surface area contributed by atoms with Gasteiger partial charge in [-0.25, -0.2) is 0 Å². The van der Waals surface area contributed by atoms with Crippen molar-refractivity contribution in [1.29, 1.82) is 0 Å². The largest absolute Gasteiger partial charge is 0.481 e. The van der Waals surface area contributed by atoms with Crippen LogP contribution in [-0.2, 0) is 4.79 Å². The van der Waals surface area contributed by atoms with Crippen LogP contribution in [-0.4, -0.2) is 11.1 Å². The molecule has 0 aromatic heterocycles. The van der Waals surface area contributed by atoms with Gasteiger partial charge in [0.1, 0.15) is 0 Å². The third-order valence-electron chi connectivity index (χ3n) is 2.88. The molecule has 0 spiro atoms. The molecular weight excluding hydrogens is 176 g/mol. The maximum absolute atomic E-state index is 11.0. The first-order valence-corrected chi connectivity index (χ1v) is 5.32. The third-order valence-corrected chi connectivity index (χ3v) is 2.88. The number of aliphatic carboxylic acids is 1. The summed E-state index contributed by atoms with van der Waals surface area (Å²) in [5, 5.41) is 9.05. The molecule has 0 heterocycles. The first-order chi connectivity index (χ1) is 6.46. The van der Waals surface area contributed by atoms with E-state index >= 15 is 0 Å². The van der Waals surface area contributed by atoms with Crippen molar-refractivity contribution in [1.82, 2.24) is 0 Å². The Labute approximate surface area is 87.0 Å². The first kappa shape index (κ1) is 13.2. The highest BCUT2D eigenvalue weighted by atomic mass is 16.4. The molecule has 1 atom stereocenters. The topological polar surface area (TPSA) is 37.3 Å². The number of carboxylic acid groups (broad SMARTS) is 1.